The smallest absolute Gasteiger partial charge is 0.223 e. The number of rotatable bonds is 2. The highest BCUT2D eigenvalue weighted by Gasteiger charge is 2.23. The summed E-state index contributed by atoms with van der Waals surface area (Å²) < 4.78 is 12.4. The van der Waals surface area contributed by atoms with E-state index in [2.05, 4.69) is 20.2 Å². The third-order valence-electron chi connectivity index (χ3n) is 2.02. The maximum absolute atomic E-state index is 12.4. The molecular weight excluding hydrogens is 171 g/mol. The molecule has 0 aliphatic carbocycles. The van der Waals surface area contributed by atoms with Crippen LogP contribution >= 0.6 is 0 Å². The van der Waals surface area contributed by atoms with Crippen LogP contribution < -0.4 is 5.32 Å². The van der Waals surface area contributed by atoms with Gasteiger partial charge in [0.1, 0.15) is 0 Å². The molecule has 0 atom stereocenters. The molecule has 1 aliphatic heterocycles. The van der Waals surface area contributed by atoms with Crippen molar-refractivity contribution >= 4 is 5.95 Å². The Kier molecular flexibility index (Phi) is 2.10. The summed E-state index contributed by atoms with van der Waals surface area (Å²) >= 11 is 0. The van der Waals surface area contributed by atoms with E-state index < -0.39 is 5.82 Å². The SMILES string of the molecule is CN1CC(Nc2ncc(F)cn2)C1. The molecule has 0 amide bonds. The van der Waals surface area contributed by atoms with Crippen LogP contribution in [0.4, 0.5) is 10.3 Å². The van der Waals surface area contributed by atoms with Gasteiger partial charge in [0, 0.05) is 13.1 Å². The van der Waals surface area contributed by atoms with Crippen molar-refractivity contribution in [2.75, 3.05) is 25.5 Å². The van der Waals surface area contributed by atoms with E-state index >= 15 is 0 Å². The third-order valence-corrected chi connectivity index (χ3v) is 2.02. The number of halogens is 1. The third kappa shape index (κ3) is 1.92. The van der Waals surface area contributed by atoms with Gasteiger partial charge in [-0.1, -0.05) is 0 Å². The molecule has 0 saturated carbocycles. The predicted octanol–water partition coefficient (Wildman–Crippen LogP) is 0.342. The van der Waals surface area contributed by atoms with Crippen LogP contribution in [0.2, 0.25) is 0 Å². The fourth-order valence-corrected chi connectivity index (χ4v) is 1.36. The second-order valence-electron chi connectivity index (χ2n) is 3.29. The van der Waals surface area contributed by atoms with Gasteiger partial charge in [0.15, 0.2) is 5.82 Å². The minimum absolute atomic E-state index is 0.399. The Bertz CT molecular complexity index is 281. The normalized spacial score (nSPS) is 18.3. The minimum Gasteiger partial charge on any atom is -0.349 e. The number of hydrogen-bond donors (Lipinski definition) is 1. The van der Waals surface area contributed by atoms with Crippen LogP contribution in [-0.2, 0) is 0 Å². The molecule has 2 heterocycles. The summed E-state index contributed by atoms with van der Waals surface area (Å²) in [5.41, 5.74) is 0. The van der Waals surface area contributed by atoms with E-state index in [0.717, 1.165) is 25.5 Å². The van der Waals surface area contributed by atoms with Gasteiger partial charge in [0.25, 0.3) is 0 Å². The van der Waals surface area contributed by atoms with Gasteiger partial charge in [0.05, 0.1) is 18.4 Å². The fourth-order valence-electron chi connectivity index (χ4n) is 1.36. The molecule has 1 aromatic heterocycles. The van der Waals surface area contributed by atoms with Gasteiger partial charge >= 0.3 is 0 Å². The van der Waals surface area contributed by atoms with Crippen LogP contribution in [0.1, 0.15) is 0 Å². The minimum atomic E-state index is -0.406. The lowest BCUT2D eigenvalue weighted by Gasteiger charge is -2.36. The van der Waals surface area contributed by atoms with E-state index in [0.29, 0.717) is 12.0 Å². The van der Waals surface area contributed by atoms with E-state index in [1.165, 1.54) is 0 Å². The quantitative estimate of drug-likeness (QED) is 0.716. The molecule has 5 heteroatoms. The lowest BCUT2D eigenvalue weighted by molar-refractivity contribution is 0.204. The first-order valence-electron chi connectivity index (χ1n) is 4.16. The Morgan fingerprint density at radius 1 is 1.46 bits per heavy atom. The highest BCUT2D eigenvalue weighted by atomic mass is 19.1. The van der Waals surface area contributed by atoms with Gasteiger partial charge < -0.3 is 10.2 Å². The second-order valence-corrected chi connectivity index (χ2v) is 3.29. The van der Waals surface area contributed by atoms with Crippen LogP contribution in [0, 0.1) is 5.82 Å². The van der Waals surface area contributed by atoms with Gasteiger partial charge in [-0.2, -0.15) is 0 Å². The average molecular weight is 182 g/mol. The van der Waals surface area contributed by atoms with Crippen LogP contribution in [0.15, 0.2) is 12.4 Å². The van der Waals surface area contributed by atoms with Crippen LogP contribution in [0.25, 0.3) is 0 Å². The lowest BCUT2D eigenvalue weighted by atomic mass is 10.1. The zero-order chi connectivity index (χ0) is 9.26. The van der Waals surface area contributed by atoms with Crippen molar-refractivity contribution < 1.29 is 4.39 Å². The molecule has 70 valence electrons. The molecule has 1 aliphatic rings. The Morgan fingerprint density at radius 3 is 2.62 bits per heavy atom. The summed E-state index contributed by atoms with van der Waals surface area (Å²) in [4.78, 5) is 9.80. The Hall–Kier alpha value is -1.23. The summed E-state index contributed by atoms with van der Waals surface area (Å²) in [6.45, 7) is 1.97. The summed E-state index contributed by atoms with van der Waals surface area (Å²) in [5, 5.41) is 3.11. The molecule has 13 heavy (non-hydrogen) atoms. The Balaban J connectivity index is 1.91. The number of likely N-dealkylation sites (N-methyl/N-ethyl adjacent to an activating group) is 1. The molecule has 4 nitrogen and oxygen atoms in total. The van der Waals surface area contributed by atoms with Crippen molar-refractivity contribution in [2.45, 2.75) is 6.04 Å². The molecule has 1 fully saturated rings. The van der Waals surface area contributed by atoms with Gasteiger partial charge in [-0.3, -0.25) is 0 Å². The molecule has 0 aromatic carbocycles. The van der Waals surface area contributed by atoms with Crippen molar-refractivity contribution in [3.05, 3.63) is 18.2 Å². The number of aromatic nitrogens is 2. The van der Waals surface area contributed by atoms with Gasteiger partial charge in [-0.25, -0.2) is 14.4 Å². The first-order chi connectivity index (χ1) is 6.24. The van der Waals surface area contributed by atoms with E-state index in [1.807, 2.05) is 7.05 Å². The molecular formula is C8H11FN4. The number of hydrogen-bond acceptors (Lipinski definition) is 4. The van der Waals surface area contributed by atoms with E-state index in [4.69, 9.17) is 0 Å². The Morgan fingerprint density at radius 2 is 2.08 bits per heavy atom. The van der Waals surface area contributed by atoms with Gasteiger partial charge in [-0.05, 0) is 7.05 Å². The summed E-state index contributed by atoms with van der Waals surface area (Å²) in [6.07, 6.45) is 2.33. The van der Waals surface area contributed by atoms with Crippen LogP contribution in [0.3, 0.4) is 0 Å². The second kappa shape index (κ2) is 3.26. The molecule has 0 radical (unpaired) electrons. The average Bonchev–Trinajstić information content (AvgIpc) is 2.06. The zero-order valence-electron chi connectivity index (χ0n) is 7.37. The molecule has 0 spiro atoms. The van der Waals surface area contributed by atoms with Gasteiger partial charge in [-0.15, -0.1) is 0 Å². The molecule has 1 N–H and O–H groups in total. The number of anilines is 1. The van der Waals surface area contributed by atoms with Crippen LogP contribution in [-0.4, -0.2) is 41.0 Å². The van der Waals surface area contributed by atoms with Crippen molar-refractivity contribution in [2.24, 2.45) is 0 Å². The maximum atomic E-state index is 12.4. The molecule has 1 aromatic rings. The van der Waals surface area contributed by atoms with Crippen molar-refractivity contribution in [1.82, 2.24) is 14.9 Å². The van der Waals surface area contributed by atoms with Crippen molar-refractivity contribution in [3.63, 3.8) is 0 Å². The van der Waals surface area contributed by atoms with Crippen LogP contribution in [0.5, 0.6) is 0 Å². The number of likely N-dealkylation sites (tertiary alicyclic amines) is 1. The lowest BCUT2D eigenvalue weighted by Crippen LogP contribution is -2.52. The van der Waals surface area contributed by atoms with E-state index in [-0.39, 0.29) is 0 Å². The van der Waals surface area contributed by atoms with Crippen molar-refractivity contribution in [3.8, 4) is 0 Å². The number of nitrogens with zero attached hydrogens (tertiary/aromatic N) is 3. The molecule has 0 unspecified atom stereocenters. The largest absolute Gasteiger partial charge is 0.349 e. The van der Waals surface area contributed by atoms with Crippen molar-refractivity contribution in [1.29, 1.82) is 0 Å². The molecule has 0 bridgehead atoms. The van der Waals surface area contributed by atoms with E-state index in [9.17, 15) is 4.39 Å². The standard InChI is InChI=1S/C8H11FN4/c1-13-4-7(5-13)12-8-10-2-6(9)3-11-8/h2-3,7H,4-5H2,1H3,(H,10,11,12). The maximum Gasteiger partial charge on any atom is 0.223 e. The highest BCUT2D eigenvalue weighted by Crippen LogP contribution is 2.09. The molecule has 1 saturated heterocycles. The summed E-state index contributed by atoms with van der Waals surface area (Å²) in [6, 6.07) is 0.399. The monoisotopic (exact) mass is 182 g/mol. The first kappa shape index (κ1) is 8.37. The van der Waals surface area contributed by atoms with Gasteiger partial charge in [0.2, 0.25) is 5.95 Å². The number of nitrogens with one attached hydrogen (secondary N) is 1. The first-order valence-corrected chi connectivity index (χ1v) is 4.16. The summed E-state index contributed by atoms with van der Waals surface area (Å²) in [5.74, 6) is 0.0933. The molecule has 2 rings (SSSR count). The fraction of sp³-hybridized carbons (Fsp3) is 0.500. The topological polar surface area (TPSA) is 41.0 Å². The van der Waals surface area contributed by atoms with E-state index in [1.54, 1.807) is 0 Å². The Labute approximate surface area is 75.8 Å². The predicted molar refractivity (Wildman–Crippen MR) is 46.9 cm³/mol. The zero-order valence-corrected chi connectivity index (χ0v) is 7.37. The summed E-state index contributed by atoms with van der Waals surface area (Å²) in [7, 11) is 2.05. The highest BCUT2D eigenvalue weighted by molar-refractivity contribution is 5.26.